The summed E-state index contributed by atoms with van der Waals surface area (Å²) >= 11 is 0. The number of aryl methyl sites for hydroxylation is 1. The third-order valence-corrected chi connectivity index (χ3v) is 2.66. The predicted octanol–water partition coefficient (Wildman–Crippen LogP) is 1.67. The topological polar surface area (TPSA) is 38.0 Å². The van der Waals surface area contributed by atoms with Crippen molar-refractivity contribution in [1.82, 2.24) is 9.55 Å². The van der Waals surface area contributed by atoms with Crippen LogP contribution in [0.15, 0.2) is 12.5 Å². The Morgan fingerprint density at radius 3 is 2.15 bits per heavy atom. The average Bonchev–Trinajstić information content (AvgIpc) is 2.33. The number of hydrogen-bond acceptors (Lipinski definition) is 2. The Morgan fingerprint density at radius 1 is 1.31 bits per heavy atom. The third kappa shape index (κ3) is 1.75. The lowest BCUT2D eigenvalue weighted by molar-refractivity contribution is -0.0504. The lowest BCUT2D eigenvalue weighted by Gasteiger charge is -2.35. The second kappa shape index (κ2) is 2.84. The summed E-state index contributed by atoms with van der Waals surface area (Å²) < 4.78 is 1.84. The quantitative estimate of drug-likeness (QED) is 0.717. The van der Waals surface area contributed by atoms with Gasteiger partial charge in [0.25, 0.3) is 0 Å². The molecule has 13 heavy (non-hydrogen) atoms. The summed E-state index contributed by atoms with van der Waals surface area (Å²) in [4.78, 5) is 4.17. The van der Waals surface area contributed by atoms with E-state index in [2.05, 4.69) is 4.98 Å². The molecule has 0 amide bonds. The van der Waals surface area contributed by atoms with E-state index in [9.17, 15) is 5.11 Å². The van der Waals surface area contributed by atoms with Gasteiger partial charge in [0.05, 0.1) is 12.0 Å². The van der Waals surface area contributed by atoms with Crippen LogP contribution >= 0.6 is 0 Å². The molecule has 0 fully saturated rings. The van der Waals surface area contributed by atoms with Gasteiger partial charge in [-0.2, -0.15) is 0 Å². The highest BCUT2D eigenvalue weighted by Gasteiger charge is 2.38. The normalized spacial score (nSPS) is 17.1. The van der Waals surface area contributed by atoms with E-state index in [1.165, 1.54) is 0 Å². The van der Waals surface area contributed by atoms with Gasteiger partial charge >= 0.3 is 0 Å². The number of aliphatic hydroxyl groups is 1. The van der Waals surface area contributed by atoms with Crippen LogP contribution in [0.1, 0.15) is 33.4 Å². The predicted molar refractivity (Wildman–Crippen MR) is 52.2 cm³/mol. The maximum atomic E-state index is 10.3. The lowest BCUT2D eigenvalue weighted by atomic mass is 9.76. The number of rotatable bonds is 1. The standard InChI is InChI=1S/C10H18N2O/c1-9(2,3)10(4,13)8-6-12(5)7-11-8/h6-7,13H,1-5H3. The van der Waals surface area contributed by atoms with Crippen molar-refractivity contribution in [1.29, 1.82) is 0 Å². The van der Waals surface area contributed by atoms with E-state index in [1.807, 2.05) is 38.6 Å². The number of aromatic nitrogens is 2. The molecule has 1 unspecified atom stereocenters. The molecule has 0 spiro atoms. The second-order valence-electron chi connectivity index (χ2n) is 4.75. The van der Waals surface area contributed by atoms with E-state index >= 15 is 0 Å². The minimum absolute atomic E-state index is 0.207. The molecule has 0 saturated heterocycles. The molecule has 0 saturated carbocycles. The van der Waals surface area contributed by atoms with E-state index in [1.54, 1.807) is 13.3 Å². The van der Waals surface area contributed by atoms with Gasteiger partial charge in [0.1, 0.15) is 5.60 Å². The maximum Gasteiger partial charge on any atom is 0.110 e. The molecule has 1 aromatic rings. The van der Waals surface area contributed by atoms with E-state index in [-0.39, 0.29) is 5.41 Å². The molecule has 1 heterocycles. The van der Waals surface area contributed by atoms with Crippen molar-refractivity contribution in [2.24, 2.45) is 12.5 Å². The highest BCUT2D eigenvalue weighted by Crippen LogP contribution is 2.37. The van der Waals surface area contributed by atoms with Crippen molar-refractivity contribution in [3.05, 3.63) is 18.2 Å². The van der Waals surface area contributed by atoms with Gasteiger partial charge in [0, 0.05) is 13.2 Å². The Bertz CT molecular complexity index is 294. The average molecular weight is 182 g/mol. The van der Waals surface area contributed by atoms with E-state index < -0.39 is 5.60 Å². The first-order valence-corrected chi connectivity index (χ1v) is 4.46. The molecule has 0 aliphatic rings. The Hall–Kier alpha value is -0.830. The van der Waals surface area contributed by atoms with Gasteiger partial charge in [-0.25, -0.2) is 4.98 Å². The Balaban J connectivity index is 3.07. The molecular weight excluding hydrogens is 164 g/mol. The third-order valence-electron chi connectivity index (χ3n) is 2.66. The summed E-state index contributed by atoms with van der Waals surface area (Å²) in [7, 11) is 1.90. The summed E-state index contributed by atoms with van der Waals surface area (Å²) in [6.45, 7) is 7.81. The fourth-order valence-corrected chi connectivity index (χ4v) is 1.05. The second-order valence-corrected chi connectivity index (χ2v) is 4.75. The molecule has 1 rings (SSSR count). The smallest absolute Gasteiger partial charge is 0.110 e. The summed E-state index contributed by atoms with van der Waals surface area (Å²) in [6.07, 6.45) is 3.56. The van der Waals surface area contributed by atoms with Crippen molar-refractivity contribution in [3.8, 4) is 0 Å². The van der Waals surface area contributed by atoms with Gasteiger partial charge in [-0.3, -0.25) is 0 Å². The molecule has 1 aromatic heterocycles. The van der Waals surface area contributed by atoms with Crippen LogP contribution in [0, 0.1) is 5.41 Å². The Kier molecular flexibility index (Phi) is 2.24. The highest BCUT2D eigenvalue weighted by molar-refractivity contribution is 5.11. The Morgan fingerprint density at radius 2 is 1.85 bits per heavy atom. The molecule has 0 radical (unpaired) electrons. The molecule has 3 nitrogen and oxygen atoms in total. The van der Waals surface area contributed by atoms with E-state index in [4.69, 9.17) is 0 Å². The molecular formula is C10H18N2O. The molecule has 3 heteroatoms. The summed E-state index contributed by atoms with van der Waals surface area (Å²) in [5.41, 5.74) is -0.363. The first-order chi connectivity index (χ1) is 5.75. The summed E-state index contributed by atoms with van der Waals surface area (Å²) in [6, 6.07) is 0. The summed E-state index contributed by atoms with van der Waals surface area (Å²) in [5.74, 6) is 0. The van der Waals surface area contributed by atoms with Crippen LogP contribution in [0.25, 0.3) is 0 Å². The lowest BCUT2D eigenvalue weighted by Crippen LogP contribution is -2.37. The van der Waals surface area contributed by atoms with E-state index in [0.29, 0.717) is 0 Å². The highest BCUT2D eigenvalue weighted by atomic mass is 16.3. The van der Waals surface area contributed by atoms with Gasteiger partial charge in [-0.15, -0.1) is 0 Å². The minimum atomic E-state index is -0.881. The zero-order valence-corrected chi connectivity index (χ0v) is 9.00. The Labute approximate surface area is 79.4 Å². The fourth-order valence-electron chi connectivity index (χ4n) is 1.05. The van der Waals surface area contributed by atoms with Crippen LogP contribution in [0.2, 0.25) is 0 Å². The van der Waals surface area contributed by atoms with Crippen LogP contribution in [0.3, 0.4) is 0 Å². The first-order valence-electron chi connectivity index (χ1n) is 4.46. The van der Waals surface area contributed by atoms with Crippen LogP contribution in [0.4, 0.5) is 0 Å². The van der Waals surface area contributed by atoms with Crippen LogP contribution < -0.4 is 0 Å². The van der Waals surface area contributed by atoms with Crippen molar-refractivity contribution in [2.75, 3.05) is 0 Å². The minimum Gasteiger partial charge on any atom is -0.383 e. The molecule has 0 bridgehead atoms. The first kappa shape index (κ1) is 10.3. The van der Waals surface area contributed by atoms with Crippen molar-refractivity contribution in [3.63, 3.8) is 0 Å². The molecule has 0 aliphatic heterocycles. The van der Waals surface area contributed by atoms with Crippen LogP contribution in [-0.4, -0.2) is 14.7 Å². The molecule has 74 valence electrons. The SMILES string of the molecule is Cn1cnc(C(C)(O)C(C)(C)C)c1. The maximum absolute atomic E-state index is 10.3. The van der Waals surface area contributed by atoms with E-state index in [0.717, 1.165) is 5.69 Å². The van der Waals surface area contributed by atoms with Gasteiger partial charge < -0.3 is 9.67 Å². The van der Waals surface area contributed by atoms with Crippen molar-refractivity contribution < 1.29 is 5.11 Å². The molecule has 1 atom stereocenters. The van der Waals surface area contributed by atoms with Crippen molar-refractivity contribution in [2.45, 2.75) is 33.3 Å². The van der Waals surface area contributed by atoms with Crippen LogP contribution in [0.5, 0.6) is 0 Å². The monoisotopic (exact) mass is 182 g/mol. The molecule has 1 N–H and O–H groups in total. The largest absolute Gasteiger partial charge is 0.383 e. The fraction of sp³-hybridized carbons (Fsp3) is 0.700. The molecule has 0 aliphatic carbocycles. The van der Waals surface area contributed by atoms with Gasteiger partial charge in [0.15, 0.2) is 0 Å². The van der Waals surface area contributed by atoms with Crippen LogP contribution in [-0.2, 0) is 12.6 Å². The number of imidazole rings is 1. The number of hydrogen-bond donors (Lipinski definition) is 1. The van der Waals surface area contributed by atoms with Gasteiger partial charge in [-0.1, -0.05) is 20.8 Å². The zero-order chi connectivity index (χ0) is 10.3. The summed E-state index contributed by atoms with van der Waals surface area (Å²) in [5, 5.41) is 10.3. The zero-order valence-electron chi connectivity index (χ0n) is 9.00. The molecule has 0 aromatic carbocycles. The van der Waals surface area contributed by atoms with Gasteiger partial charge in [0.2, 0.25) is 0 Å². The van der Waals surface area contributed by atoms with Crippen molar-refractivity contribution >= 4 is 0 Å². The van der Waals surface area contributed by atoms with Gasteiger partial charge in [-0.05, 0) is 12.3 Å². The number of nitrogens with zero attached hydrogens (tertiary/aromatic N) is 2.